The molecule has 2 saturated heterocycles. The van der Waals surface area contributed by atoms with Crippen LogP contribution in [0.25, 0.3) is 0 Å². The average molecular weight is 414 g/mol. The number of fused-ring (bicyclic) bond motifs is 2. The Morgan fingerprint density at radius 3 is 2.47 bits per heavy atom. The maximum atomic E-state index is 12.2. The van der Waals surface area contributed by atoms with Crippen molar-refractivity contribution in [2.24, 2.45) is 5.92 Å². The van der Waals surface area contributed by atoms with Gasteiger partial charge in [0.25, 0.3) is 0 Å². The topological polar surface area (TPSA) is 53.1 Å². The minimum atomic E-state index is -0.166. The highest BCUT2D eigenvalue weighted by molar-refractivity contribution is 5.94. The number of likely N-dealkylation sites (tertiary alicyclic amines) is 2. The van der Waals surface area contributed by atoms with Crippen LogP contribution >= 0.6 is 0 Å². The summed E-state index contributed by atoms with van der Waals surface area (Å²) in [6.07, 6.45) is 4.16. The van der Waals surface area contributed by atoms with Crippen molar-refractivity contribution in [1.82, 2.24) is 9.80 Å². The van der Waals surface area contributed by atoms with E-state index in [4.69, 9.17) is 4.74 Å². The lowest BCUT2D eigenvalue weighted by Crippen LogP contribution is -2.48. The molecule has 6 heteroatoms. The Morgan fingerprint density at radius 1 is 1.13 bits per heavy atom. The largest absolute Gasteiger partial charge is 0.450 e. The third-order valence-electron chi connectivity index (χ3n) is 7.33. The fraction of sp³-hybridized carbons (Fsp3) is 0.667. The third-order valence-corrected chi connectivity index (χ3v) is 7.33. The molecule has 0 unspecified atom stereocenters. The van der Waals surface area contributed by atoms with Crippen molar-refractivity contribution in [3.05, 3.63) is 29.3 Å². The van der Waals surface area contributed by atoms with E-state index in [0.717, 1.165) is 70.6 Å². The molecule has 1 spiro atoms. The molecule has 30 heavy (non-hydrogen) atoms. The fourth-order valence-electron chi connectivity index (χ4n) is 5.53. The van der Waals surface area contributed by atoms with E-state index in [1.165, 1.54) is 11.1 Å². The van der Waals surface area contributed by atoms with Gasteiger partial charge in [0, 0.05) is 44.2 Å². The average Bonchev–Trinajstić information content (AvgIpc) is 3.04. The monoisotopic (exact) mass is 413 g/mol. The molecule has 1 aromatic rings. The molecule has 0 N–H and O–H groups in total. The van der Waals surface area contributed by atoms with Crippen molar-refractivity contribution in [3.63, 3.8) is 0 Å². The highest BCUT2D eigenvalue weighted by Crippen LogP contribution is 2.47. The van der Waals surface area contributed by atoms with E-state index in [1.54, 1.807) is 6.92 Å². The molecular weight excluding hydrogens is 378 g/mol. The Kier molecular flexibility index (Phi) is 6.05. The third kappa shape index (κ3) is 4.07. The van der Waals surface area contributed by atoms with E-state index in [2.05, 4.69) is 30.0 Å². The number of amides is 2. The molecule has 0 aromatic heterocycles. The smallest absolute Gasteiger partial charge is 0.409 e. The Labute approximate surface area is 180 Å². The summed E-state index contributed by atoms with van der Waals surface area (Å²) in [4.78, 5) is 30.6. The number of nitrogens with zero attached hydrogens (tertiary/aromatic N) is 3. The summed E-state index contributed by atoms with van der Waals surface area (Å²) in [6.45, 7) is 11.8. The van der Waals surface area contributed by atoms with Crippen molar-refractivity contribution in [1.29, 1.82) is 0 Å². The lowest BCUT2D eigenvalue weighted by Gasteiger charge is -2.42. The number of hydrogen-bond donors (Lipinski definition) is 0. The molecule has 164 valence electrons. The second kappa shape index (κ2) is 8.58. The molecule has 0 aliphatic carbocycles. The van der Waals surface area contributed by atoms with Crippen LogP contribution in [-0.4, -0.2) is 67.7 Å². The summed E-state index contributed by atoms with van der Waals surface area (Å²) < 4.78 is 5.13. The Balaban J connectivity index is 1.34. The van der Waals surface area contributed by atoms with E-state index in [9.17, 15) is 9.59 Å². The van der Waals surface area contributed by atoms with Gasteiger partial charge in [-0.1, -0.05) is 17.7 Å². The standard InChI is InChI=1S/C24H35N3O3/c1-4-30-23(29)26-11-7-20(8-12-26)16-25-13-9-24(10-14-25)17-27(19(3)28)22-6-5-18(2)15-21(22)24/h5-6,15,20H,4,7-14,16-17H2,1-3H3. The van der Waals surface area contributed by atoms with E-state index >= 15 is 0 Å². The molecular formula is C24H35N3O3. The molecule has 1 aromatic carbocycles. The van der Waals surface area contributed by atoms with Gasteiger partial charge >= 0.3 is 6.09 Å². The maximum absolute atomic E-state index is 12.2. The number of carbonyl (C=O) groups is 2. The number of rotatable bonds is 3. The van der Waals surface area contributed by atoms with Crippen LogP contribution in [0.5, 0.6) is 0 Å². The Morgan fingerprint density at radius 2 is 1.83 bits per heavy atom. The van der Waals surface area contributed by atoms with Crippen LogP contribution in [0.1, 0.15) is 50.7 Å². The quantitative estimate of drug-likeness (QED) is 0.760. The van der Waals surface area contributed by atoms with Crippen LogP contribution < -0.4 is 4.90 Å². The predicted molar refractivity (Wildman–Crippen MR) is 118 cm³/mol. The molecule has 0 atom stereocenters. The number of anilines is 1. The minimum Gasteiger partial charge on any atom is -0.450 e. The van der Waals surface area contributed by atoms with Gasteiger partial charge in [-0.2, -0.15) is 0 Å². The van der Waals surface area contributed by atoms with E-state index in [1.807, 2.05) is 16.7 Å². The SMILES string of the molecule is CCOC(=O)N1CCC(CN2CCC3(CC2)CN(C(C)=O)c2ccc(C)cc23)CC1. The highest BCUT2D eigenvalue weighted by atomic mass is 16.6. The molecule has 2 amide bonds. The zero-order chi connectivity index (χ0) is 21.3. The molecule has 3 aliphatic rings. The van der Waals surface area contributed by atoms with Gasteiger partial charge in [-0.15, -0.1) is 0 Å². The van der Waals surface area contributed by atoms with E-state index in [0.29, 0.717) is 12.5 Å². The highest BCUT2D eigenvalue weighted by Gasteiger charge is 2.45. The summed E-state index contributed by atoms with van der Waals surface area (Å²) in [7, 11) is 0. The first kappa shape index (κ1) is 21.2. The summed E-state index contributed by atoms with van der Waals surface area (Å²) in [6, 6.07) is 6.55. The lowest BCUT2D eigenvalue weighted by molar-refractivity contribution is -0.116. The van der Waals surface area contributed by atoms with Crippen LogP contribution in [0.15, 0.2) is 18.2 Å². The van der Waals surface area contributed by atoms with Crippen molar-refractivity contribution < 1.29 is 14.3 Å². The van der Waals surface area contributed by atoms with Crippen molar-refractivity contribution in [2.45, 2.75) is 51.9 Å². The normalized spacial score (nSPS) is 21.7. The van der Waals surface area contributed by atoms with Crippen LogP contribution in [0.4, 0.5) is 10.5 Å². The van der Waals surface area contributed by atoms with Crippen molar-refractivity contribution in [3.8, 4) is 0 Å². The van der Waals surface area contributed by atoms with Gasteiger partial charge in [-0.3, -0.25) is 4.79 Å². The van der Waals surface area contributed by atoms with Crippen molar-refractivity contribution in [2.75, 3.05) is 50.8 Å². The van der Waals surface area contributed by atoms with Gasteiger partial charge in [0.05, 0.1) is 6.61 Å². The fourth-order valence-corrected chi connectivity index (χ4v) is 5.53. The molecule has 0 saturated carbocycles. The van der Waals surface area contributed by atoms with Crippen LogP contribution in [-0.2, 0) is 14.9 Å². The summed E-state index contributed by atoms with van der Waals surface area (Å²) in [5.74, 6) is 0.796. The summed E-state index contributed by atoms with van der Waals surface area (Å²) in [5.41, 5.74) is 3.87. The number of hydrogen-bond acceptors (Lipinski definition) is 4. The van der Waals surface area contributed by atoms with Gasteiger partial charge in [-0.05, 0) is 70.2 Å². The Hall–Kier alpha value is -2.08. The van der Waals surface area contributed by atoms with E-state index < -0.39 is 0 Å². The van der Waals surface area contributed by atoms with Gasteiger partial charge in [0.2, 0.25) is 5.91 Å². The predicted octanol–water partition coefficient (Wildman–Crippen LogP) is 3.56. The summed E-state index contributed by atoms with van der Waals surface area (Å²) in [5, 5.41) is 0. The zero-order valence-electron chi connectivity index (χ0n) is 18.7. The van der Waals surface area contributed by atoms with Gasteiger partial charge in [-0.25, -0.2) is 4.79 Å². The molecule has 3 aliphatic heterocycles. The molecule has 6 nitrogen and oxygen atoms in total. The minimum absolute atomic E-state index is 0.108. The van der Waals surface area contributed by atoms with Crippen molar-refractivity contribution >= 4 is 17.7 Å². The summed E-state index contributed by atoms with van der Waals surface area (Å²) >= 11 is 0. The first-order valence-electron chi connectivity index (χ1n) is 11.4. The first-order chi connectivity index (χ1) is 14.4. The maximum Gasteiger partial charge on any atom is 0.409 e. The number of aryl methyl sites for hydroxylation is 1. The molecule has 4 rings (SSSR count). The van der Waals surface area contributed by atoms with E-state index in [-0.39, 0.29) is 17.4 Å². The molecule has 2 fully saturated rings. The lowest BCUT2D eigenvalue weighted by atomic mass is 9.74. The molecule has 3 heterocycles. The Bertz CT molecular complexity index is 793. The van der Waals surface area contributed by atoms with Gasteiger partial charge in [0.15, 0.2) is 0 Å². The zero-order valence-corrected chi connectivity index (χ0v) is 18.7. The van der Waals surface area contributed by atoms with Gasteiger partial charge < -0.3 is 19.4 Å². The second-order valence-corrected chi connectivity index (χ2v) is 9.34. The first-order valence-corrected chi connectivity index (χ1v) is 11.4. The number of carbonyl (C=O) groups excluding carboxylic acids is 2. The number of ether oxygens (including phenoxy) is 1. The van der Waals surface area contributed by atoms with Crippen LogP contribution in [0, 0.1) is 12.8 Å². The van der Waals surface area contributed by atoms with Crippen LogP contribution in [0.2, 0.25) is 0 Å². The molecule has 0 bridgehead atoms. The number of piperidine rings is 2. The van der Waals surface area contributed by atoms with Gasteiger partial charge in [0.1, 0.15) is 0 Å². The molecule has 0 radical (unpaired) electrons. The van der Waals surface area contributed by atoms with Crippen LogP contribution in [0.3, 0.4) is 0 Å². The number of benzene rings is 1. The second-order valence-electron chi connectivity index (χ2n) is 9.34.